The third-order valence-electron chi connectivity index (χ3n) is 3.58. The van der Waals surface area contributed by atoms with Gasteiger partial charge in [0.1, 0.15) is 11.3 Å². The summed E-state index contributed by atoms with van der Waals surface area (Å²) in [6, 6.07) is 2.03. The minimum Gasteiger partial charge on any atom is -0.316 e. The van der Waals surface area contributed by atoms with Crippen molar-refractivity contribution in [1.29, 1.82) is 0 Å². The van der Waals surface area contributed by atoms with Gasteiger partial charge in [-0.15, -0.1) is 0 Å². The van der Waals surface area contributed by atoms with Crippen LogP contribution in [0.2, 0.25) is 0 Å². The first-order valence-corrected chi connectivity index (χ1v) is 7.22. The largest absolute Gasteiger partial charge is 0.316 e. The zero-order chi connectivity index (χ0) is 12.5. The molecule has 4 nitrogen and oxygen atoms in total. The summed E-state index contributed by atoms with van der Waals surface area (Å²) in [6.45, 7) is 5.34. The zero-order valence-electron chi connectivity index (χ0n) is 10.5. The van der Waals surface area contributed by atoms with Crippen molar-refractivity contribution in [2.45, 2.75) is 26.3 Å². The minimum atomic E-state index is 0.695. The first-order chi connectivity index (χ1) is 8.74. The molecule has 1 aliphatic heterocycles. The van der Waals surface area contributed by atoms with Gasteiger partial charge in [-0.25, -0.2) is 9.97 Å². The Morgan fingerprint density at radius 1 is 1.56 bits per heavy atom. The molecule has 0 aromatic carbocycles. The fraction of sp³-hybridized carbons (Fsp3) is 0.538. The molecule has 1 unspecified atom stereocenters. The summed E-state index contributed by atoms with van der Waals surface area (Å²) in [4.78, 5) is 9.09. The van der Waals surface area contributed by atoms with Gasteiger partial charge in [-0.3, -0.25) is 0 Å². The molecule has 0 bridgehead atoms. The number of rotatable bonds is 2. The lowest BCUT2D eigenvalue weighted by atomic mass is 10.00. The number of pyridine rings is 1. The highest BCUT2D eigenvalue weighted by Gasteiger charge is 2.17. The number of aryl methyl sites for hydroxylation is 1. The summed E-state index contributed by atoms with van der Waals surface area (Å²) in [7, 11) is 0. The fourth-order valence-corrected chi connectivity index (χ4v) is 2.98. The second-order valence-electron chi connectivity index (χ2n) is 4.98. The van der Waals surface area contributed by atoms with E-state index in [9.17, 15) is 0 Å². The lowest BCUT2D eigenvalue weighted by Crippen LogP contribution is -2.32. The number of hydrogen-bond acceptors (Lipinski definition) is 3. The van der Waals surface area contributed by atoms with E-state index in [4.69, 9.17) is 0 Å². The van der Waals surface area contributed by atoms with Crippen LogP contribution in [-0.2, 0) is 6.54 Å². The number of fused-ring (bicyclic) bond motifs is 1. The average molecular weight is 309 g/mol. The van der Waals surface area contributed by atoms with Crippen LogP contribution in [0, 0.1) is 12.8 Å². The quantitative estimate of drug-likeness (QED) is 0.927. The highest BCUT2D eigenvalue weighted by Crippen LogP contribution is 2.21. The molecule has 0 spiro atoms. The average Bonchev–Trinajstić information content (AvgIpc) is 2.66. The summed E-state index contributed by atoms with van der Waals surface area (Å²) >= 11 is 3.44. The molecule has 1 N–H and O–H groups in total. The highest BCUT2D eigenvalue weighted by molar-refractivity contribution is 9.10. The number of halogens is 1. The molecule has 18 heavy (non-hydrogen) atoms. The van der Waals surface area contributed by atoms with Crippen molar-refractivity contribution in [1.82, 2.24) is 19.9 Å². The van der Waals surface area contributed by atoms with Gasteiger partial charge in [0.15, 0.2) is 5.65 Å². The third-order valence-corrected chi connectivity index (χ3v) is 4.02. The van der Waals surface area contributed by atoms with Gasteiger partial charge in [0.05, 0.1) is 0 Å². The van der Waals surface area contributed by atoms with Crippen LogP contribution in [0.25, 0.3) is 11.2 Å². The summed E-state index contributed by atoms with van der Waals surface area (Å²) in [5, 5.41) is 3.46. The first-order valence-electron chi connectivity index (χ1n) is 6.43. The van der Waals surface area contributed by atoms with Gasteiger partial charge >= 0.3 is 0 Å². The van der Waals surface area contributed by atoms with E-state index in [0.717, 1.165) is 41.1 Å². The Kier molecular flexibility index (Phi) is 3.35. The van der Waals surface area contributed by atoms with E-state index in [1.807, 2.05) is 12.3 Å². The molecule has 1 saturated heterocycles. The van der Waals surface area contributed by atoms with E-state index in [-0.39, 0.29) is 0 Å². The molecule has 0 saturated carbocycles. The van der Waals surface area contributed by atoms with E-state index < -0.39 is 0 Å². The Hall–Kier alpha value is -0.940. The van der Waals surface area contributed by atoms with Gasteiger partial charge < -0.3 is 9.88 Å². The molecule has 2 aromatic rings. The second-order valence-corrected chi connectivity index (χ2v) is 5.89. The molecule has 0 aliphatic carbocycles. The zero-order valence-corrected chi connectivity index (χ0v) is 12.1. The molecule has 96 valence electrons. The van der Waals surface area contributed by atoms with Crippen LogP contribution in [0.15, 0.2) is 16.7 Å². The molecule has 1 aliphatic rings. The number of hydrogen-bond donors (Lipinski definition) is 1. The number of nitrogens with one attached hydrogen (secondary N) is 1. The van der Waals surface area contributed by atoms with Gasteiger partial charge in [-0.1, -0.05) is 0 Å². The number of imidazole rings is 1. The maximum absolute atomic E-state index is 4.59. The topological polar surface area (TPSA) is 42.7 Å². The molecule has 2 aromatic heterocycles. The van der Waals surface area contributed by atoms with Crippen molar-refractivity contribution in [3.63, 3.8) is 0 Å². The van der Waals surface area contributed by atoms with Crippen LogP contribution in [0.1, 0.15) is 18.7 Å². The second kappa shape index (κ2) is 4.97. The summed E-state index contributed by atoms with van der Waals surface area (Å²) in [6.07, 6.45) is 4.41. The Bertz CT molecular complexity index is 557. The van der Waals surface area contributed by atoms with Gasteiger partial charge in [0.2, 0.25) is 0 Å². The predicted molar refractivity (Wildman–Crippen MR) is 75.6 cm³/mol. The van der Waals surface area contributed by atoms with E-state index in [0.29, 0.717) is 5.92 Å². The van der Waals surface area contributed by atoms with Crippen molar-refractivity contribution in [3.05, 3.63) is 22.6 Å². The molecule has 1 fully saturated rings. The summed E-state index contributed by atoms with van der Waals surface area (Å²) in [5.74, 6) is 1.75. The van der Waals surface area contributed by atoms with E-state index in [1.165, 1.54) is 12.8 Å². The number of nitrogens with zero attached hydrogens (tertiary/aromatic N) is 3. The first kappa shape index (κ1) is 12.1. The van der Waals surface area contributed by atoms with Crippen LogP contribution in [0.3, 0.4) is 0 Å². The van der Waals surface area contributed by atoms with Crippen molar-refractivity contribution < 1.29 is 0 Å². The normalized spacial score (nSPS) is 20.4. The van der Waals surface area contributed by atoms with E-state index in [1.54, 1.807) is 0 Å². The van der Waals surface area contributed by atoms with E-state index >= 15 is 0 Å². The summed E-state index contributed by atoms with van der Waals surface area (Å²) < 4.78 is 3.23. The third kappa shape index (κ3) is 2.29. The Morgan fingerprint density at radius 3 is 3.22 bits per heavy atom. The van der Waals surface area contributed by atoms with Gasteiger partial charge in [0.25, 0.3) is 0 Å². The molecule has 3 rings (SSSR count). The van der Waals surface area contributed by atoms with Crippen molar-refractivity contribution >= 4 is 27.1 Å². The highest BCUT2D eigenvalue weighted by atomic mass is 79.9. The van der Waals surface area contributed by atoms with Gasteiger partial charge in [-0.05, 0) is 60.8 Å². The summed E-state index contributed by atoms with van der Waals surface area (Å²) in [5.41, 5.74) is 1.98. The SMILES string of the molecule is Cc1nc2cc(Br)cnc2n1CC1CCCNC1. The fourth-order valence-electron chi connectivity index (χ4n) is 2.66. The Morgan fingerprint density at radius 2 is 2.44 bits per heavy atom. The monoisotopic (exact) mass is 308 g/mol. The molecule has 3 heterocycles. The van der Waals surface area contributed by atoms with Crippen LogP contribution < -0.4 is 5.32 Å². The van der Waals surface area contributed by atoms with Gasteiger partial charge in [-0.2, -0.15) is 0 Å². The maximum atomic E-state index is 4.59. The molecule has 0 radical (unpaired) electrons. The molecule has 1 atom stereocenters. The molecular formula is C13H17BrN4. The number of piperidine rings is 1. The van der Waals surface area contributed by atoms with Crippen molar-refractivity contribution in [2.75, 3.05) is 13.1 Å². The van der Waals surface area contributed by atoms with Crippen LogP contribution in [-0.4, -0.2) is 27.6 Å². The Labute approximate surface area is 115 Å². The molecule has 0 amide bonds. The van der Waals surface area contributed by atoms with Crippen LogP contribution in [0.4, 0.5) is 0 Å². The number of aromatic nitrogens is 3. The maximum Gasteiger partial charge on any atom is 0.160 e. The standard InChI is InChI=1S/C13H17BrN4/c1-9-17-12-5-11(14)7-16-13(12)18(9)8-10-3-2-4-15-6-10/h5,7,10,15H,2-4,6,8H2,1H3. The smallest absolute Gasteiger partial charge is 0.160 e. The molecule has 5 heteroatoms. The van der Waals surface area contributed by atoms with Crippen LogP contribution in [0.5, 0.6) is 0 Å². The van der Waals surface area contributed by atoms with Crippen LogP contribution >= 0.6 is 15.9 Å². The lowest BCUT2D eigenvalue weighted by molar-refractivity contribution is 0.337. The minimum absolute atomic E-state index is 0.695. The Balaban J connectivity index is 1.92. The lowest BCUT2D eigenvalue weighted by Gasteiger charge is -2.23. The van der Waals surface area contributed by atoms with E-state index in [2.05, 4.69) is 42.7 Å². The van der Waals surface area contributed by atoms with Gasteiger partial charge in [0, 0.05) is 17.2 Å². The molecular weight excluding hydrogens is 292 g/mol. The van der Waals surface area contributed by atoms with Crippen molar-refractivity contribution in [2.24, 2.45) is 5.92 Å². The van der Waals surface area contributed by atoms with Crippen molar-refractivity contribution in [3.8, 4) is 0 Å². The predicted octanol–water partition coefficient (Wildman–Crippen LogP) is 2.50.